The van der Waals surface area contributed by atoms with Crippen LogP contribution in [0.4, 0.5) is 0 Å². The first-order valence-corrected chi connectivity index (χ1v) is 7.48. The highest BCUT2D eigenvalue weighted by molar-refractivity contribution is 5.93. The van der Waals surface area contributed by atoms with Gasteiger partial charge in [0.2, 0.25) is 0 Å². The third kappa shape index (κ3) is 3.16. The van der Waals surface area contributed by atoms with Crippen molar-refractivity contribution in [2.24, 2.45) is 0 Å². The second-order valence-corrected chi connectivity index (χ2v) is 5.51. The van der Waals surface area contributed by atoms with Gasteiger partial charge in [-0.05, 0) is 48.6 Å². The topological polar surface area (TPSA) is 74.2 Å². The van der Waals surface area contributed by atoms with E-state index in [0.717, 1.165) is 30.6 Å². The van der Waals surface area contributed by atoms with Crippen LogP contribution in [0.2, 0.25) is 0 Å². The third-order valence-corrected chi connectivity index (χ3v) is 4.07. The van der Waals surface area contributed by atoms with Gasteiger partial charge in [-0.2, -0.15) is 0 Å². The molecule has 5 nitrogen and oxygen atoms in total. The van der Waals surface area contributed by atoms with Gasteiger partial charge >= 0.3 is 0 Å². The van der Waals surface area contributed by atoms with Crippen LogP contribution in [0.1, 0.15) is 46.1 Å². The molecular formula is C17H19N3O2. The average Bonchev–Trinajstić information content (AvgIpc) is 2.59. The van der Waals surface area contributed by atoms with Gasteiger partial charge < -0.3 is 5.32 Å². The summed E-state index contributed by atoms with van der Waals surface area (Å²) in [4.78, 5) is 15.8. The van der Waals surface area contributed by atoms with E-state index in [-0.39, 0.29) is 6.04 Å². The Kier molecular flexibility index (Phi) is 4.46. The molecule has 1 aromatic heterocycles. The number of hydrogen-bond acceptors (Lipinski definition) is 4. The van der Waals surface area contributed by atoms with Crippen molar-refractivity contribution >= 4 is 5.91 Å². The average molecular weight is 297 g/mol. The summed E-state index contributed by atoms with van der Waals surface area (Å²) in [6, 6.07) is 11.6. The number of aromatic nitrogens is 1. The largest absolute Gasteiger partial charge is 0.305 e. The lowest BCUT2D eigenvalue weighted by Crippen LogP contribution is -2.26. The van der Waals surface area contributed by atoms with Crippen molar-refractivity contribution in [1.29, 1.82) is 0 Å². The van der Waals surface area contributed by atoms with Crippen LogP contribution in [-0.4, -0.2) is 16.1 Å². The highest BCUT2D eigenvalue weighted by Crippen LogP contribution is 2.27. The molecule has 0 fully saturated rings. The minimum absolute atomic E-state index is 0.283. The zero-order valence-electron chi connectivity index (χ0n) is 12.2. The van der Waals surface area contributed by atoms with E-state index in [1.807, 2.05) is 24.4 Å². The highest BCUT2D eigenvalue weighted by Gasteiger charge is 2.20. The Morgan fingerprint density at radius 1 is 1.27 bits per heavy atom. The van der Waals surface area contributed by atoms with Crippen molar-refractivity contribution in [1.82, 2.24) is 15.8 Å². The van der Waals surface area contributed by atoms with Crippen molar-refractivity contribution in [3.63, 3.8) is 0 Å². The summed E-state index contributed by atoms with van der Waals surface area (Å²) >= 11 is 0. The van der Waals surface area contributed by atoms with Crippen molar-refractivity contribution in [3.05, 3.63) is 65.0 Å². The number of benzene rings is 1. The number of nitrogens with one attached hydrogen (secondary N) is 2. The Balaban J connectivity index is 1.65. The lowest BCUT2D eigenvalue weighted by Gasteiger charge is -2.25. The second-order valence-electron chi connectivity index (χ2n) is 5.51. The number of aryl methyl sites for hydroxylation is 1. The molecule has 1 aliphatic carbocycles. The third-order valence-electron chi connectivity index (χ3n) is 4.07. The van der Waals surface area contributed by atoms with E-state index in [0.29, 0.717) is 5.56 Å². The van der Waals surface area contributed by atoms with Crippen molar-refractivity contribution in [2.45, 2.75) is 31.8 Å². The minimum atomic E-state index is -0.495. The summed E-state index contributed by atoms with van der Waals surface area (Å²) in [6.07, 6.45) is 5.22. The molecule has 1 aliphatic rings. The molecular weight excluding hydrogens is 278 g/mol. The molecule has 0 saturated heterocycles. The number of carbonyl (C=O) groups is 1. The molecule has 114 valence electrons. The molecule has 1 atom stereocenters. The van der Waals surface area contributed by atoms with Crippen LogP contribution in [0.3, 0.4) is 0 Å². The zero-order valence-corrected chi connectivity index (χ0v) is 12.2. The number of fused-ring (bicyclic) bond motifs is 1. The molecule has 2 aromatic rings. The normalized spacial score (nSPS) is 16.9. The number of rotatable bonds is 4. The number of hydrogen-bond donors (Lipinski definition) is 3. The molecule has 0 spiro atoms. The summed E-state index contributed by atoms with van der Waals surface area (Å²) in [6.45, 7) is 0.724. The van der Waals surface area contributed by atoms with Crippen LogP contribution in [0.15, 0.2) is 42.6 Å². The molecule has 3 rings (SSSR count). The van der Waals surface area contributed by atoms with Gasteiger partial charge in [0.05, 0.1) is 11.7 Å². The molecule has 1 heterocycles. The molecule has 5 heteroatoms. The van der Waals surface area contributed by atoms with Crippen LogP contribution in [0, 0.1) is 0 Å². The maximum absolute atomic E-state index is 11.3. The summed E-state index contributed by atoms with van der Waals surface area (Å²) < 4.78 is 0. The van der Waals surface area contributed by atoms with Gasteiger partial charge in [0, 0.05) is 18.3 Å². The SMILES string of the molecule is O=C(NO)c1ccc(CNC2CCCc3cccnc32)cc1. The van der Waals surface area contributed by atoms with Gasteiger partial charge in [0.15, 0.2) is 0 Å². The van der Waals surface area contributed by atoms with Crippen molar-refractivity contribution in [2.75, 3.05) is 0 Å². The quantitative estimate of drug-likeness (QED) is 0.598. The highest BCUT2D eigenvalue weighted by atomic mass is 16.5. The smallest absolute Gasteiger partial charge is 0.274 e. The Labute approximate surface area is 129 Å². The van der Waals surface area contributed by atoms with Crippen LogP contribution >= 0.6 is 0 Å². The first-order valence-electron chi connectivity index (χ1n) is 7.48. The maximum atomic E-state index is 11.3. The maximum Gasteiger partial charge on any atom is 0.274 e. The number of carbonyl (C=O) groups excluding carboxylic acids is 1. The summed E-state index contributed by atoms with van der Waals surface area (Å²) in [7, 11) is 0. The first-order chi connectivity index (χ1) is 10.8. The van der Waals surface area contributed by atoms with E-state index >= 15 is 0 Å². The summed E-state index contributed by atoms with van der Waals surface area (Å²) in [5, 5.41) is 12.1. The monoisotopic (exact) mass is 297 g/mol. The number of amides is 1. The lowest BCUT2D eigenvalue weighted by atomic mass is 9.92. The van der Waals surface area contributed by atoms with Gasteiger partial charge in [0.1, 0.15) is 0 Å². The molecule has 1 unspecified atom stereocenters. The Morgan fingerprint density at radius 2 is 2.09 bits per heavy atom. The molecule has 0 bridgehead atoms. The van der Waals surface area contributed by atoms with Gasteiger partial charge in [-0.1, -0.05) is 18.2 Å². The summed E-state index contributed by atoms with van der Waals surface area (Å²) in [5.74, 6) is -0.495. The predicted octanol–water partition coefficient (Wildman–Crippen LogP) is 2.37. The molecule has 1 amide bonds. The Morgan fingerprint density at radius 3 is 2.86 bits per heavy atom. The molecule has 3 N–H and O–H groups in total. The number of nitrogens with zero attached hydrogens (tertiary/aromatic N) is 1. The molecule has 1 aromatic carbocycles. The first kappa shape index (κ1) is 14.7. The number of pyridine rings is 1. The minimum Gasteiger partial charge on any atom is -0.305 e. The van der Waals surface area contributed by atoms with Crippen LogP contribution in [0.25, 0.3) is 0 Å². The van der Waals surface area contributed by atoms with Crippen LogP contribution in [0.5, 0.6) is 0 Å². The van der Waals surface area contributed by atoms with Crippen molar-refractivity contribution in [3.8, 4) is 0 Å². The summed E-state index contributed by atoms with van der Waals surface area (Å²) in [5.41, 5.74) is 5.66. The van der Waals surface area contributed by atoms with E-state index in [9.17, 15) is 4.79 Å². The predicted molar refractivity (Wildman–Crippen MR) is 82.5 cm³/mol. The molecule has 0 saturated carbocycles. The molecule has 22 heavy (non-hydrogen) atoms. The van der Waals surface area contributed by atoms with Gasteiger partial charge in [-0.3, -0.25) is 15.0 Å². The van der Waals surface area contributed by atoms with E-state index in [1.54, 1.807) is 17.6 Å². The number of hydroxylamine groups is 1. The lowest BCUT2D eigenvalue weighted by molar-refractivity contribution is 0.0706. The fourth-order valence-electron chi connectivity index (χ4n) is 2.89. The second kappa shape index (κ2) is 6.68. The van der Waals surface area contributed by atoms with Gasteiger partial charge in [0.25, 0.3) is 5.91 Å². The zero-order chi connectivity index (χ0) is 15.4. The van der Waals surface area contributed by atoms with E-state index in [2.05, 4.69) is 16.4 Å². The fraction of sp³-hybridized carbons (Fsp3) is 0.294. The van der Waals surface area contributed by atoms with Crippen molar-refractivity contribution < 1.29 is 10.0 Å². The Hall–Kier alpha value is -2.24. The van der Waals surface area contributed by atoms with E-state index in [4.69, 9.17) is 5.21 Å². The van der Waals surface area contributed by atoms with E-state index < -0.39 is 5.91 Å². The molecule has 0 radical (unpaired) electrons. The van der Waals surface area contributed by atoms with E-state index in [1.165, 1.54) is 12.0 Å². The van der Waals surface area contributed by atoms with Gasteiger partial charge in [-0.15, -0.1) is 0 Å². The fourth-order valence-corrected chi connectivity index (χ4v) is 2.89. The van der Waals surface area contributed by atoms with Gasteiger partial charge in [-0.25, -0.2) is 5.48 Å². The standard InChI is InChI=1S/C17H19N3O2/c21-17(20-22)14-8-6-12(7-9-14)11-19-15-5-1-3-13-4-2-10-18-16(13)15/h2,4,6-10,15,19,22H,1,3,5,11H2,(H,20,21). The van der Waals surface area contributed by atoms with Crippen LogP contribution in [-0.2, 0) is 13.0 Å². The molecule has 0 aliphatic heterocycles. The van der Waals surface area contributed by atoms with Crippen LogP contribution < -0.4 is 10.8 Å². The Bertz CT molecular complexity index is 655.